The molecule has 1 unspecified atom stereocenters. The highest BCUT2D eigenvalue weighted by Crippen LogP contribution is 2.33. The summed E-state index contributed by atoms with van der Waals surface area (Å²) < 4.78 is 16.4. The molecule has 3 amide bonds. The van der Waals surface area contributed by atoms with Crippen molar-refractivity contribution in [2.45, 2.75) is 32.2 Å². The maximum Gasteiger partial charge on any atom is 0.325 e. The Morgan fingerprint density at radius 2 is 1.43 bits per heavy atom. The van der Waals surface area contributed by atoms with E-state index in [0.29, 0.717) is 24.5 Å². The van der Waals surface area contributed by atoms with E-state index in [1.807, 2.05) is 43.3 Å². The van der Waals surface area contributed by atoms with Crippen molar-refractivity contribution < 1.29 is 23.8 Å². The lowest BCUT2D eigenvalue weighted by atomic mass is 9.87. The molecule has 30 heavy (non-hydrogen) atoms. The molecule has 0 radical (unpaired) electrons. The van der Waals surface area contributed by atoms with Crippen LogP contribution in [0, 0.1) is 0 Å². The zero-order valence-electron chi connectivity index (χ0n) is 17.6. The van der Waals surface area contributed by atoms with Gasteiger partial charge < -0.3 is 19.5 Å². The van der Waals surface area contributed by atoms with Crippen LogP contribution in [0.3, 0.4) is 0 Å². The maximum atomic E-state index is 13.2. The van der Waals surface area contributed by atoms with Gasteiger partial charge in [-0.1, -0.05) is 26.0 Å². The second-order valence-corrected chi connectivity index (χ2v) is 7.04. The third-order valence-electron chi connectivity index (χ3n) is 5.17. The molecule has 7 heteroatoms. The highest BCUT2D eigenvalue weighted by Gasteiger charge is 2.51. The van der Waals surface area contributed by atoms with E-state index in [4.69, 9.17) is 14.2 Å². The Bertz CT molecular complexity index is 866. The van der Waals surface area contributed by atoms with Crippen molar-refractivity contribution >= 4 is 11.9 Å². The fourth-order valence-electron chi connectivity index (χ4n) is 3.45. The third kappa shape index (κ3) is 4.35. The maximum absolute atomic E-state index is 13.2. The van der Waals surface area contributed by atoms with E-state index in [1.54, 1.807) is 19.2 Å². The quantitative estimate of drug-likeness (QED) is 0.602. The number of nitrogens with zero attached hydrogens (tertiary/aromatic N) is 1. The van der Waals surface area contributed by atoms with Crippen LogP contribution in [0.2, 0.25) is 0 Å². The molecule has 2 aromatic carbocycles. The molecule has 160 valence electrons. The van der Waals surface area contributed by atoms with Crippen molar-refractivity contribution in [3.05, 3.63) is 54.1 Å². The van der Waals surface area contributed by atoms with Crippen molar-refractivity contribution in [1.82, 2.24) is 10.2 Å². The topological polar surface area (TPSA) is 77.1 Å². The smallest absolute Gasteiger partial charge is 0.325 e. The summed E-state index contributed by atoms with van der Waals surface area (Å²) in [4.78, 5) is 26.9. The number of methoxy groups -OCH3 is 1. The van der Waals surface area contributed by atoms with Crippen LogP contribution in [0.15, 0.2) is 48.5 Å². The SMILES string of the molecule is CCCOc1ccc(OCCN2C(=O)NC(CC)(c3ccc(OC)cc3)C2=O)cc1. The first-order chi connectivity index (χ1) is 14.5. The van der Waals surface area contributed by atoms with Crippen molar-refractivity contribution in [3.8, 4) is 17.2 Å². The lowest BCUT2D eigenvalue weighted by Crippen LogP contribution is -2.43. The first-order valence-corrected chi connectivity index (χ1v) is 10.2. The average Bonchev–Trinajstić information content (AvgIpc) is 3.03. The molecule has 2 aromatic rings. The molecule has 0 spiro atoms. The van der Waals surface area contributed by atoms with Gasteiger partial charge in [-0.05, 0) is 54.8 Å². The molecule has 1 N–H and O–H groups in total. The van der Waals surface area contributed by atoms with Gasteiger partial charge in [-0.2, -0.15) is 0 Å². The summed E-state index contributed by atoms with van der Waals surface area (Å²) >= 11 is 0. The molecule has 7 nitrogen and oxygen atoms in total. The molecular weight excluding hydrogens is 384 g/mol. The number of carbonyl (C=O) groups excluding carboxylic acids is 2. The van der Waals surface area contributed by atoms with Gasteiger partial charge in [0.2, 0.25) is 0 Å². The van der Waals surface area contributed by atoms with Gasteiger partial charge in [0.1, 0.15) is 29.4 Å². The van der Waals surface area contributed by atoms with E-state index in [0.717, 1.165) is 17.7 Å². The largest absolute Gasteiger partial charge is 0.497 e. The minimum absolute atomic E-state index is 0.163. The van der Waals surface area contributed by atoms with Gasteiger partial charge in [-0.15, -0.1) is 0 Å². The van der Waals surface area contributed by atoms with E-state index in [1.165, 1.54) is 4.90 Å². The summed E-state index contributed by atoms with van der Waals surface area (Å²) in [6.07, 6.45) is 1.39. The molecule has 0 saturated carbocycles. The molecule has 1 fully saturated rings. The lowest BCUT2D eigenvalue weighted by molar-refractivity contribution is -0.132. The van der Waals surface area contributed by atoms with Crippen molar-refractivity contribution in [1.29, 1.82) is 0 Å². The predicted octanol–water partition coefficient (Wildman–Crippen LogP) is 3.72. The molecule has 1 saturated heterocycles. The number of hydrogen-bond acceptors (Lipinski definition) is 5. The highest BCUT2D eigenvalue weighted by molar-refractivity contribution is 6.07. The first-order valence-electron chi connectivity index (χ1n) is 10.2. The number of rotatable bonds is 10. The fourth-order valence-corrected chi connectivity index (χ4v) is 3.45. The Hall–Kier alpha value is -3.22. The number of hydrogen-bond donors (Lipinski definition) is 1. The van der Waals surface area contributed by atoms with Crippen molar-refractivity contribution in [2.24, 2.45) is 0 Å². The van der Waals surface area contributed by atoms with E-state index in [9.17, 15) is 9.59 Å². The summed E-state index contributed by atoms with van der Waals surface area (Å²) in [6, 6.07) is 14.1. The minimum Gasteiger partial charge on any atom is -0.497 e. The molecule has 1 aliphatic heterocycles. The number of amides is 3. The lowest BCUT2D eigenvalue weighted by Gasteiger charge is -2.26. The second-order valence-electron chi connectivity index (χ2n) is 7.04. The van der Waals surface area contributed by atoms with E-state index < -0.39 is 11.6 Å². The summed E-state index contributed by atoms with van der Waals surface area (Å²) in [5, 5.41) is 2.87. The van der Waals surface area contributed by atoms with Gasteiger partial charge in [-0.3, -0.25) is 9.69 Å². The van der Waals surface area contributed by atoms with Crippen LogP contribution in [0.25, 0.3) is 0 Å². The molecule has 3 rings (SSSR count). The Morgan fingerprint density at radius 1 is 0.867 bits per heavy atom. The normalized spacial score (nSPS) is 18.3. The van der Waals surface area contributed by atoms with Crippen LogP contribution in [0.4, 0.5) is 4.79 Å². The molecule has 0 aromatic heterocycles. The molecule has 1 atom stereocenters. The summed E-state index contributed by atoms with van der Waals surface area (Å²) in [6.45, 7) is 4.97. The molecule has 0 aliphatic carbocycles. The minimum atomic E-state index is -1.07. The Kier molecular flexibility index (Phi) is 6.82. The number of benzene rings is 2. The van der Waals surface area contributed by atoms with Gasteiger partial charge in [0.15, 0.2) is 0 Å². The predicted molar refractivity (Wildman–Crippen MR) is 113 cm³/mol. The average molecular weight is 412 g/mol. The van der Waals surface area contributed by atoms with Crippen LogP contribution in [0.1, 0.15) is 32.3 Å². The number of nitrogens with one attached hydrogen (secondary N) is 1. The summed E-state index contributed by atoms with van der Waals surface area (Å²) in [5.41, 5.74) is -0.336. The Morgan fingerprint density at radius 3 is 1.97 bits per heavy atom. The summed E-state index contributed by atoms with van der Waals surface area (Å²) in [5.74, 6) is 1.86. The number of carbonyl (C=O) groups is 2. The first kappa shape index (κ1) is 21.5. The van der Waals surface area contributed by atoms with Crippen molar-refractivity contribution in [3.63, 3.8) is 0 Å². The van der Waals surface area contributed by atoms with Gasteiger partial charge in [0.05, 0.1) is 20.3 Å². The van der Waals surface area contributed by atoms with Gasteiger partial charge in [-0.25, -0.2) is 4.79 Å². The monoisotopic (exact) mass is 412 g/mol. The molecule has 1 heterocycles. The number of imide groups is 1. The van der Waals surface area contributed by atoms with E-state index >= 15 is 0 Å². The highest BCUT2D eigenvalue weighted by atomic mass is 16.5. The zero-order valence-corrected chi connectivity index (χ0v) is 17.6. The molecule has 0 bridgehead atoms. The van der Waals surface area contributed by atoms with E-state index in [2.05, 4.69) is 12.2 Å². The Balaban J connectivity index is 1.62. The van der Waals surface area contributed by atoms with Crippen LogP contribution in [-0.4, -0.2) is 43.7 Å². The van der Waals surface area contributed by atoms with Crippen LogP contribution < -0.4 is 19.5 Å². The van der Waals surface area contributed by atoms with Gasteiger partial charge >= 0.3 is 6.03 Å². The van der Waals surface area contributed by atoms with E-state index in [-0.39, 0.29) is 19.1 Å². The second kappa shape index (κ2) is 9.52. The fraction of sp³-hybridized carbons (Fsp3) is 0.391. The van der Waals surface area contributed by atoms with Crippen LogP contribution in [-0.2, 0) is 10.3 Å². The number of ether oxygens (including phenoxy) is 3. The van der Waals surface area contributed by atoms with Crippen LogP contribution in [0.5, 0.6) is 17.2 Å². The van der Waals surface area contributed by atoms with Gasteiger partial charge in [0, 0.05) is 0 Å². The van der Waals surface area contributed by atoms with Crippen LogP contribution >= 0.6 is 0 Å². The van der Waals surface area contributed by atoms with Crippen molar-refractivity contribution in [2.75, 3.05) is 26.9 Å². The molecular formula is C23H28N2O5. The molecule has 1 aliphatic rings. The Labute approximate surface area is 176 Å². The summed E-state index contributed by atoms with van der Waals surface area (Å²) in [7, 11) is 1.58. The standard InChI is InChI=1S/C23H28N2O5/c1-4-15-29-19-10-12-20(13-11-19)30-16-14-25-21(26)23(5-2,24-22(25)27)17-6-8-18(28-3)9-7-17/h6-13H,4-5,14-16H2,1-3H3,(H,24,27). The number of urea groups is 1. The third-order valence-corrected chi connectivity index (χ3v) is 5.17. The zero-order chi connectivity index (χ0) is 21.6. The van der Waals surface area contributed by atoms with Gasteiger partial charge in [0.25, 0.3) is 5.91 Å².